The zero-order valence-electron chi connectivity index (χ0n) is 38.1. The normalized spacial score (nSPS) is 19.2. The summed E-state index contributed by atoms with van der Waals surface area (Å²) in [5.74, 6) is -2.77. The fourth-order valence-corrected chi connectivity index (χ4v) is 9.89. The van der Waals surface area contributed by atoms with Crippen LogP contribution in [0.25, 0.3) is 0 Å². The van der Waals surface area contributed by atoms with E-state index in [1.54, 1.807) is 35.5 Å². The Morgan fingerprint density at radius 1 is 0.870 bits per heavy atom. The van der Waals surface area contributed by atoms with Gasteiger partial charge in [0.05, 0.1) is 47.7 Å². The van der Waals surface area contributed by atoms with Crippen LogP contribution in [-0.2, 0) is 27.1 Å². The summed E-state index contributed by atoms with van der Waals surface area (Å²) in [5.41, 5.74) is -0.0689. The smallest absolute Gasteiger partial charge is 0.433 e. The molecule has 0 bridgehead atoms. The van der Waals surface area contributed by atoms with Gasteiger partial charge in [-0.15, -0.1) is 0 Å². The monoisotopic (exact) mass is 950 g/mol. The van der Waals surface area contributed by atoms with E-state index in [0.29, 0.717) is 48.0 Å². The maximum Gasteiger partial charge on any atom is 0.433 e. The molecular weight excluding hydrogens is 902 g/mol. The third-order valence-corrected chi connectivity index (χ3v) is 14.0. The van der Waals surface area contributed by atoms with E-state index in [-0.39, 0.29) is 65.7 Å². The predicted molar refractivity (Wildman–Crippen MR) is 241 cm³/mol. The number of fused-ring (bicyclic) bond motifs is 2. The molecule has 2 aromatic carbocycles. The van der Waals surface area contributed by atoms with Gasteiger partial charge in [-0.3, -0.25) is 43.8 Å². The van der Waals surface area contributed by atoms with Gasteiger partial charge in [0.1, 0.15) is 23.2 Å². The van der Waals surface area contributed by atoms with Crippen molar-refractivity contribution in [3.8, 4) is 5.75 Å². The van der Waals surface area contributed by atoms with Crippen molar-refractivity contribution in [3.05, 3.63) is 94.6 Å². The summed E-state index contributed by atoms with van der Waals surface area (Å²) in [6.07, 6.45) is 2.46. The topological polar surface area (TPSA) is 216 Å². The first-order valence-corrected chi connectivity index (χ1v) is 22.7. The van der Waals surface area contributed by atoms with Crippen LogP contribution >= 0.6 is 0 Å². The first kappa shape index (κ1) is 46.7. The van der Waals surface area contributed by atoms with Crippen molar-refractivity contribution >= 4 is 64.4 Å². The Hall–Kier alpha value is -7.45. The SMILES string of the molecule is COc1cc2c(cc1NC(=O)c1cccc(C(F)(F)F)n1)CN(CCC(C)(C)C(=O)N1CCC3(CC1)CCN(c1ncc(Nc4cccc5c4C(=O)N(C4CCC(=O)NC4=O)C5=O)cn1)CC3)C2=O. The maximum absolute atomic E-state index is 14.0. The molecule has 2 aromatic heterocycles. The second kappa shape index (κ2) is 17.9. The molecule has 4 aromatic rings. The average molecular weight is 951 g/mol. The molecule has 3 N–H and O–H groups in total. The number of imide groups is 2. The van der Waals surface area contributed by atoms with Crippen molar-refractivity contribution in [2.45, 2.75) is 77.6 Å². The molecule has 3 fully saturated rings. The second-order valence-corrected chi connectivity index (χ2v) is 18.8. The van der Waals surface area contributed by atoms with E-state index in [4.69, 9.17) is 4.74 Å². The van der Waals surface area contributed by atoms with Gasteiger partial charge in [0.15, 0.2) is 0 Å². The molecule has 1 spiro atoms. The molecule has 18 nitrogen and oxygen atoms in total. The molecule has 21 heteroatoms. The summed E-state index contributed by atoms with van der Waals surface area (Å²) in [4.78, 5) is 111. The van der Waals surface area contributed by atoms with Crippen LogP contribution in [-0.4, -0.2) is 117 Å². The van der Waals surface area contributed by atoms with Crippen molar-refractivity contribution in [1.29, 1.82) is 0 Å². The number of aromatic nitrogens is 3. The zero-order chi connectivity index (χ0) is 49.0. The van der Waals surface area contributed by atoms with Gasteiger partial charge in [0.2, 0.25) is 23.7 Å². The van der Waals surface area contributed by atoms with Gasteiger partial charge in [0.25, 0.3) is 23.6 Å². The Bertz CT molecular complexity index is 2780. The summed E-state index contributed by atoms with van der Waals surface area (Å²) in [6, 6.07) is 9.85. The van der Waals surface area contributed by atoms with Crippen LogP contribution in [0.4, 0.5) is 36.2 Å². The van der Waals surface area contributed by atoms with Crippen LogP contribution in [0.1, 0.15) is 112 Å². The van der Waals surface area contributed by atoms with Gasteiger partial charge >= 0.3 is 6.18 Å². The van der Waals surface area contributed by atoms with Gasteiger partial charge < -0.3 is 30.1 Å². The van der Waals surface area contributed by atoms with Gasteiger partial charge in [-0.1, -0.05) is 26.0 Å². The van der Waals surface area contributed by atoms with E-state index in [1.165, 1.54) is 25.3 Å². The van der Waals surface area contributed by atoms with Crippen LogP contribution in [0, 0.1) is 10.8 Å². The Morgan fingerprint density at radius 2 is 1.57 bits per heavy atom. The fourth-order valence-electron chi connectivity index (χ4n) is 9.89. The number of ether oxygens (including phenoxy) is 1. The summed E-state index contributed by atoms with van der Waals surface area (Å²) < 4.78 is 45.1. The van der Waals surface area contributed by atoms with Crippen molar-refractivity contribution in [1.82, 2.24) is 35.0 Å². The molecular formula is C48H49F3N10O8. The lowest BCUT2D eigenvalue weighted by atomic mass is 9.71. The first-order valence-electron chi connectivity index (χ1n) is 22.7. The molecule has 0 aliphatic carbocycles. The Labute approximate surface area is 394 Å². The predicted octanol–water partition coefficient (Wildman–Crippen LogP) is 5.58. The Morgan fingerprint density at radius 3 is 2.25 bits per heavy atom. The number of carbonyl (C=O) groups excluding carboxylic acids is 7. The number of halogens is 3. The highest BCUT2D eigenvalue weighted by molar-refractivity contribution is 6.25. The molecule has 7 amide bonds. The van der Waals surface area contributed by atoms with Crippen LogP contribution in [0.15, 0.2) is 60.9 Å². The number of hydrogen-bond acceptors (Lipinski definition) is 13. The van der Waals surface area contributed by atoms with Crippen LogP contribution in [0.5, 0.6) is 5.75 Å². The quantitative estimate of drug-likeness (QED) is 0.157. The van der Waals surface area contributed by atoms with Gasteiger partial charge in [-0.25, -0.2) is 15.0 Å². The molecule has 3 saturated heterocycles. The van der Waals surface area contributed by atoms with Crippen molar-refractivity contribution in [3.63, 3.8) is 0 Å². The number of benzene rings is 2. The van der Waals surface area contributed by atoms with Gasteiger partial charge in [-0.05, 0) is 85.9 Å². The lowest BCUT2D eigenvalue weighted by molar-refractivity contribution is -0.143. The lowest BCUT2D eigenvalue weighted by Gasteiger charge is -2.48. The number of amides is 7. The minimum absolute atomic E-state index is 0.0129. The van der Waals surface area contributed by atoms with E-state index >= 15 is 0 Å². The highest BCUT2D eigenvalue weighted by Crippen LogP contribution is 2.43. The van der Waals surface area contributed by atoms with E-state index in [0.717, 1.165) is 55.8 Å². The maximum atomic E-state index is 14.0. The van der Waals surface area contributed by atoms with Crippen molar-refractivity contribution < 1.29 is 51.5 Å². The molecule has 1 unspecified atom stereocenters. The molecule has 5 aliphatic rings. The standard InChI is InChI=1S/C48H49F3N10O8/c1-46(2,12-17-60-26-27-22-33(35(69-3)23-30(27)41(60)65)56-39(63)32-8-5-9-36(55-32)48(49,50)51)44(68)58-18-13-47(14-19-58)15-20-59(21-16-47)45-52-24-28(25-53-45)54-31-7-4-6-29-38(31)43(67)61(42(29)66)34-10-11-37(62)57-40(34)64/h4-9,22-25,34,54H,10-21,26H2,1-3H3,(H,56,63)(H,57,62,64). The Kier molecular flexibility index (Phi) is 12.1. The number of pyridine rings is 1. The number of alkyl halides is 3. The van der Waals surface area contributed by atoms with E-state index in [9.17, 15) is 46.7 Å². The number of carbonyl (C=O) groups is 7. The largest absolute Gasteiger partial charge is 0.495 e. The van der Waals surface area contributed by atoms with E-state index in [2.05, 4.69) is 35.8 Å². The summed E-state index contributed by atoms with van der Waals surface area (Å²) >= 11 is 0. The van der Waals surface area contributed by atoms with Gasteiger partial charge in [0, 0.05) is 56.7 Å². The fraction of sp³-hybridized carbons (Fsp3) is 0.417. The molecule has 7 heterocycles. The minimum Gasteiger partial charge on any atom is -0.495 e. The van der Waals surface area contributed by atoms with Gasteiger partial charge in [-0.2, -0.15) is 13.2 Å². The van der Waals surface area contributed by atoms with E-state index in [1.807, 2.05) is 18.7 Å². The number of anilines is 4. The minimum atomic E-state index is -4.73. The van der Waals surface area contributed by atoms with E-state index < -0.39 is 58.6 Å². The molecule has 1 atom stereocenters. The molecule has 360 valence electrons. The summed E-state index contributed by atoms with van der Waals surface area (Å²) in [5, 5.41) is 7.93. The third-order valence-electron chi connectivity index (χ3n) is 14.0. The van der Waals surface area contributed by atoms with Crippen molar-refractivity contribution in [2.75, 3.05) is 55.4 Å². The molecule has 9 rings (SSSR count). The number of hydrogen-bond donors (Lipinski definition) is 3. The zero-order valence-corrected chi connectivity index (χ0v) is 38.1. The summed E-state index contributed by atoms with van der Waals surface area (Å²) in [7, 11) is 1.35. The molecule has 0 saturated carbocycles. The molecule has 0 radical (unpaired) electrons. The highest BCUT2D eigenvalue weighted by Gasteiger charge is 2.46. The van der Waals surface area contributed by atoms with Crippen LogP contribution in [0.2, 0.25) is 0 Å². The second-order valence-electron chi connectivity index (χ2n) is 18.8. The van der Waals surface area contributed by atoms with Crippen molar-refractivity contribution in [2.24, 2.45) is 10.8 Å². The highest BCUT2D eigenvalue weighted by atomic mass is 19.4. The summed E-state index contributed by atoms with van der Waals surface area (Å²) in [6.45, 7) is 6.94. The number of likely N-dealkylation sites (tertiary alicyclic amines) is 1. The number of rotatable bonds is 11. The van der Waals surface area contributed by atoms with Crippen LogP contribution in [0.3, 0.4) is 0 Å². The number of methoxy groups -OCH3 is 1. The third kappa shape index (κ3) is 9.04. The Balaban J connectivity index is 0.751. The number of piperidine rings is 3. The van der Waals surface area contributed by atoms with Crippen LogP contribution < -0.4 is 25.6 Å². The first-order chi connectivity index (χ1) is 32.8. The average Bonchev–Trinajstić information content (AvgIpc) is 3.78. The number of nitrogens with zero attached hydrogens (tertiary/aromatic N) is 7. The lowest BCUT2D eigenvalue weighted by Crippen LogP contribution is -2.54. The molecule has 69 heavy (non-hydrogen) atoms. The molecule has 5 aliphatic heterocycles. The number of nitrogens with one attached hydrogen (secondary N) is 3.